The summed E-state index contributed by atoms with van der Waals surface area (Å²) in [7, 11) is -0.654. The molecule has 1 aliphatic rings. The Hall–Kier alpha value is -0.630. The van der Waals surface area contributed by atoms with Gasteiger partial charge in [-0.15, -0.1) is 0 Å². The summed E-state index contributed by atoms with van der Waals surface area (Å²) in [6.45, 7) is -0.193. The van der Waals surface area contributed by atoms with Gasteiger partial charge in [0.15, 0.2) is 0 Å². The molecule has 134 valence electrons. The zero-order chi connectivity index (χ0) is 17.9. The molecule has 0 aromatic heterocycles. The van der Waals surface area contributed by atoms with Crippen LogP contribution in [0, 0.1) is 0 Å². The highest BCUT2D eigenvalue weighted by Gasteiger charge is 2.28. The molecule has 0 heterocycles. The first-order valence-electron chi connectivity index (χ1n) is 7.90. The summed E-state index contributed by atoms with van der Waals surface area (Å²) in [6, 6.07) is 4.78. The number of benzene rings is 1. The second-order valence-corrected chi connectivity index (χ2v) is 9.47. The van der Waals surface area contributed by atoms with Crippen LogP contribution < -0.4 is 0 Å². The van der Waals surface area contributed by atoms with Crippen LogP contribution in [0.25, 0.3) is 0 Å². The quantitative estimate of drug-likeness (QED) is 0.708. The largest absolute Gasteiger partial charge is 0.342 e. The minimum absolute atomic E-state index is 0.00276. The van der Waals surface area contributed by atoms with Gasteiger partial charge in [-0.3, -0.25) is 4.79 Å². The molecular weight excluding hydrogens is 416 g/mol. The summed E-state index contributed by atoms with van der Waals surface area (Å²) in [5, 5.41) is 0.129. The molecule has 1 aromatic carbocycles. The lowest BCUT2D eigenvalue weighted by molar-refractivity contribution is -0.132. The van der Waals surface area contributed by atoms with Crippen molar-refractivity contribution in [1.29, 1.82) is 0 Å². The Labute approximate surface area is 157 Å². The zero-order valence-electron chi connectivity index (χ0n) is 13.8. The molecule has 0 saturated heterocycles. The Morgan fingerprint density at radius 3 is 2.46 bits per heavy atom. The summed E-state index contributed by atoms with van der Waals surface area (Å²) in [4.78, 5) is 14.1. The molecule has 24 heavy (non-hydrogen) atoms. The fourth-order valence-electron chi connectivity index (χ4n) is 2.91. The molecule has 1 aromatic rings. The average molecular weight is 438 g/mol. The lowest BCUT2D eigenvalue weighted by atomic mass is 9.94. The number of sulfonamides is 1. The molecule has 0 atom stereocenters. The SMILES string of the molecule is CN(C(=O)CN(C)S(=O)(=O)c1ccc(Br)cc1Cl)C1CCCCC1. The van der Waals surface area contributed by atoms with E-state index in [-0.39, 0.29) is 28.4 Å². The highest BCUT2D eigenvalue weighted by atomic mass is 79.9. The normalized spacial score (nSPS) is 16.4. The van der Waals surface area contributed by atoms with Gasteiger partial charge in [0.1, 0.15) is 4.90 Å². The van der Waals surface area contributed by atoms with E-state index in [1.807, 2.05) is 0 Å². The second-order valence-electron chi connectivity index (χ2n) is 6.13. The number of carbonyl (C=O) groups is 1. The number of nitrogens with zero attached hydrogens (tertiary/aromatic N) is 2. The first-order valence-corrected chi connectivity index (χ1v) is 10.5. The predicted octanol–water partition coefficient (Wildman–Crippen LogP) is 3.51. The topological polar surface area (TPSA) is 57.7 Å². The summed E-state index contributed by atoms with van der Waals surface area (Å²) < 4.78 is 27.1. The van der Waals surface area contributed by atoms with Crippen molar-refractivity contribution in [2.24, 2.45) is 0 Å². The third-order valence-corrected chi connectivity index (χ3v) is 7.24. The van der Waals surface area contributed by atoms with E-state index in [1.165, 1.54) is 25.6 Å². The van der Waals surface area contributed by atoms with E-state index in [4.69, 9.17) is 11.6 Å². The van der Waals surface area contributed by atoms with Crippen molar-refractivity contribution in [2.75, 3.05) is 20.6 Å². The number of halogens is 2. The lowest BCUT2D eigenvalue weighted by Gasteiger charge is -2.32. The minimum atomic E-state index is -3.81. The molecule has 0 unspecified atom stereocenters. The van der Waals surface area contributed by atoms with Crippen LogP contribution in [0.1, 0.15) is 32.1 Å². The number of amides is 1. The van der Waals surface area contributed by atoms with Crippen LogP contribution in [0.5, 0.6) is 0 Å². The Balaban J connectivity index is 2.09. The molecule has 5 nitrogen and oxygen atoms in total. The second kappa shape index (κ2) is 8.17. The maximum Gasteiger partial charge on any atom is 0.244 e. The van der Waals surface area contributed by atoms with Crippen LogP contribution in [-0.2, 0) is 14.8 Å². The van der Waals surface area contributed by atoms with Gasteiger partial charge in [0.05, 0.1) is 11.6 Å². The first-order chi connectivity index (χ1) is 11.2. The maximum absolute atomic E-state index is 12.7. The Morgan fingerprint density at radius 1 is 1.25 bits per heavy atom. The van der Waals surface area contributed by atoms with Gasteiger partial charge in [-0.1, -0.05) is 46.8 Å². The van der Waals surface area contributed by atoms with Crippen molar-refractivity contribution in [3.05, 3.63) is 27.7 Å². The maximum atomic E-state index is 12.7. The standard InChI is InChI=1S/C16H22BrClN2O3S/c1-19(11-16(21)20(2)13-6-4-3-5-7-13)24(22,23)15-9-8-12(17)10-14(15)18/h8-10,13H,3-7,11H2,1-2H3. The van der Waals surface area contributed by atoms with Gasteiger partial charge >= 0.3 is 0 Å². The van der Waals surface area contributed by atoms with Gasteiger partial charge in [0, 0.05) is 24.6 Å². The monoisotopic (exact) mass is 436 g/mol. The summed E-state index contributed by atoms with van der Waals surface area (Å²) in [5.41, 5.74) is 0. The summed E-state index contributed by atoms with van der Waals surface area (Å²) in [5.74, 6) is -0.193. The van der Waals surface area contributed by atoms with Crippen LogP contribution in [0.4, 0.5) is 0 Å². The van der Waals surface area contributed by atoms with Crippen molar-refractivity contribution >= 4 is 43.5 Å². The van der Waals surface area contributed by atoms with E-state index in [1.54, 1.807) is 18.0 Å². The summed E-state index contributed by atoms with van der Waals surface area (Å²) >= 11 is 9.30. The first kappa shape index (κ1) is 19.7. The van der Waals surface area contributed by atoms with E-state index >= 15 is 0 Å². The Kier molecular flexibility index (Phi) is 6.70. The zero-order valence-corrected chi connectivity index (χ0v) is 17.0. The molecule has 0 spiro atoms. The lowest BCUT2D eigenvalue weighted by Crippen LogP contribution is -2.44. The van der Waals surface area contributed by atoms with Crippen LogP contribution in [0.3, 0.4) is 0 Å². The molecule has 0 N–H and O–H groups in total. The Bertz CT molecular complexity index is 705. The van der Waals surface area contributed by atoms with E-state index in [0.717, 1.165) is 30.0 Å². The highest BCUT2D eigenvalue weighted by Crippen LogP contribution is 2.27. The molecule has 1 amide bonds. The van der Waals surface area contributed by atoms with Gasteiger partial charge in [0.25, 0.3) is 0 Å². The number of hydrogen-bond acceptors (Lipinski definition) is 3. The molecule has 1 saturated carbocycles. The van der Waals surface area contributed by atoms with Crippen molar-refractivity contribution in [1.82, 2.24) is 9.21 Å². The molecule has 1 aliphatic carbocycles. The fraction of sp³-hybridized carbons (Fsp3) is 0.562. The molecule has 2 rings (SSSR count). The average Bonchev–Trinajstić information content (AvgIpc) is 2.54. The molecule has 0 radical (unpaired) electrons. The minimum Gasteiger partial charge on any atom is -0.342 e. The van der Waals surface area contributed by atoms with E-state index in [2.05, 4.69) is 15.9 Å². The van der Waals surface area contributed by atoms with Crippen molar-refractivity contribution in [2.45, 2.75) is 43.0 Å². The van der Waals surface area contributed by atoms with E-state index < -0.39 is 10.0 Å². The fourth-order valence-corrected chi connectivity index (χ4v) is 5.04. The van der Waals surface area contributed by atoms with Gasteiger partial charge < -0.3 is 4.90 Å². The van der Waals surface area contributed by atoms with Crippen LogP contribution in [0.2, 0.25) is 5.02 Å². The highest BCUT2D eigenvalue weighted by molar-refractivity contribution is 9.10. The van der Waals surface area contributed by atoms with Crippen LogP contribution >= 0.6 is 27.5 Å². The Morgan fingerprint density at radius 2 is 1.88 bits per heavy atom. The van der Waals surface area contributed by atoms with Gasteiger partial charge in [0.2, 0.25) is 15.9 Å². The van der Waals surface area contributed by atoms with Crippen LogP contribution in [0.15, 0.2) is 27.6 Å². The predicted molar refractivity (Wildman–Crippen MR) is 98.6 cm³/mol. The number of rotatable bonds is 5. The van der Waals surface area contributed by atoms with Crippen molar-refractivity contribution < 1.29 is 13.2 Å². The van der Waals surface area contributed by atoms with E-state index in [9.17, 15) is 13.2 Å². The van der Waals surface area contributed by atoms with E-state index in [0.29, 0.717) is 4.47 Å². The van der Waals surface area contributed by atoms with Crippen molar-refractivity contribution in [3.8, 4) is 0 Å². The number of carbonyl (C=O) groups excluding carboxylic acids is 1. The number of hydrogen-bond donors (Lipinski definition) is 0. The molecule has 8 heteroatoms. The molecule has 0 bridgehead atoms. The van der Waals surface area contributed by atoms with Crippen molar-refractivity contribution in [3.63, 3.8) is 0 Å². The molecular formula is C16H22BrClN2O3S. The summed E-state index contributed by atoms with van der Waals surface area (Å²) in [6.07, 6.45) is 5.40. The number of likely N-dealkylation sites (N-methyl/N-ethyl adjacent to an activating group) is 2. The third kappa shape index (κ3) is 4.50. The van der Waals surface area contributed by atoms with Gasteiger partial charge in [-0.05, 0) is 31.0 Å². The van der Waals surface area contributed by atoms with Gasteiger partial charge in [-0.2, -0.15) is 4.31 Å². The van der Waals surface area contributed by atoms with Crippen LogP contribution in [-0.4, -0.2) is 50.2 Å². The van der Waals surface area contributed by atoms with Gasteiger partial charge in [-0.25, -0.2) is 8.42 Å². The third-order valence-electron chi connectivity index (χ3n) is 4.46. The molecule has 0 aliphatic heterocycles. The smallest absolute Gasteiger partial charge is 0.244 e. The molecule has 1 fully saturated rings.